The third-order valence-corrected chi connectivity index (χ3v) is 4.40. The minimum absolute atomic E-state index is 0.0945. The summed E-state index contributed by atoms with van der Waals surface area (Å²) in [5.41, 5.74) is -2.11. The van der Waals surface area contributed by atoms with Crippen LogP contribution in [0, 0.1) is 22.9 Å². The SMILES string of the molecule is CC(=O)N1CCN(C(=O)C(C)(C)C(=O)Nc2ccc(F)c(F)c2F)CC1. The first kappa shape index (κ1) is 19.7. The lowest BCUT2D eigenvalue weighted by molar-refractivity contribution is -0.149. The monoisotopic (exact) mass is 371 g/mol. The standard InChI is InChI=1S/C17H20F3N3O3/c1-10(24)22-6-8-23(9-7-22)16(26)17(2,3)15(25)21-12-5-4-11(18)13(19)14(12)20/h4-5H,6-9H2,1-3H3,(H,21,25). The summed E-state index contributed by atoms with van der Waals surface area (Å²) in [5, 5.41) is 2.13. The molecule has 0 aromatic heterocycles. The van der Waals surface area contributed by atoms with Gasteiger partial charge in [-0.1, -0.05) is 0 Å². The van der Waals surface area contributed by atoms with Crippen LogP contribution in [0.3, 0.4) is 0 Å². The van der Waals surface area contributed by atoms with E-state index in [1.165, 1.54) is 25.7 Å². The maximum atomic E-state index is 13.7. The Labute approximate surface area is 148 Å². The Hall–Kier alpha value is -2.58. The Kier molecular flexibility index (Phi) is 5.58. The van der Waals surface area contributed by atoms with Crippen molar-refractivity contribution in [1.82, 2.24) is 9.80 Å². The molecule has 0 bridgehead atoms. The Balaban J connectivity index is 2.09. The summed E-state index contributed by atoms with van der Waals surface area (Å²) in [6.45, 7) is 5.42. The second-order valence-electron chi connectivity index (χ2n) is 6.60. The summed E-state index contributed by atoms with van der Waals surface area (Å²) in [4.78, 5) is 39.5. The predicted molar refractivity (Wildman–Crippen MR) is 87.6 cm³/mol. The molecule has 6 nitrogen and oxygen atoms in total. The number of halogens is 3. The number of carbonyl (C=O) groups is 3. The second kappa shape index (κ2) is 7.35. The van der Waals surface area contributed by atoms with Gasteiger partial charge in [-0.3, -0.25) is 14.4 Å². The smallest absolute Gasteiger partial charge is 0.239 e. The van der Waals surface area contributed by atoms with Gasteiger partial charge in [-0.25, -0.2) is 13.2 Å². The summed E-state index contributed by atoms with van der Waals surface area (Å²) in [6, 6.07) is 1.57. The van der Waals surface area contributed by atoms with Gasteiger partial charge in [-0.15, -0.1) is 0 Å². The Morgan fingerprint density at radius 3 is 2.04 bits per heavy atom. The van der Waals surface area contributed by atoms with Crippen molar-refractivity contribution < 1.29 is 27.6 Å². The van der Waals surface area contributed by atoms with Gasteiger partial charge in [-0.2, -0.15) is 0 Å². The molecule has 0 atom stereocenters. The van der Waals surface area contributed by atoms with Crippen molar-refractivity contribution in [2.24, 2.45) is 5.41 Å². The Morgan fingerprint density at radius 1 is 0.962 bits per heavy atom. The highest BCUT2D eigenvalue weighted by atomic mass is 19.2. The number of rotatable bonds is 3. The molecule has 2 rings (SSSR count). The summed E-state index contributed by atoms with van der Waals surface area (Å²) in [5.74, 6) is -6.05. The molecular formula is C17H20F3N3O3. The highest BCUT2D eigenvalue weighted by molar-refractivity contribution is 6.09. The molecule has 0 saturated carbocycles. The molecule has 1 aliphatic rings. The molecule has 1 fully saturated rings. The van der Waals surface area contributed by atoms with Gasteiger partial charge in [0.25, 0.3) is 0 Å². The summed E-state index contributed by atoms with van der Waals surface area (Å²) in [7, 11) is 0. The van der Waals surface area contributed by atoms with E-state index in [-0.39, 0.29) is 19.0 Å². The van der Waals surface area contributed by atoms with E-state index in [4.69, 9.17) is 0 Å². The molecule has 1 aromatic rings. The molecule has 1 aliphatic heterocycles. The number of piperazine rings is 1. The first-order chi connectivity index (χ1) is 12.1. The van der Waals surface area contributed by atoms with Gasteiger partial charge in [0.05, 0.1) is 5.69 Å². The highest BCUT2D eigenvalue weighted by Crippen LogP contribution is 2.25. The lowest BCUT2D eigenvalue weighted by Gasteiger charge is -2.37. The number of amides is 3. The van der Waals surface area contributed by atoms with Crippen molar-refractivity contribution in [3.8, 4) is 0 Å². The van der Waals surface area contributed by atoms with Crippen molar-refractivity contribution in [2.75, 3.05) is 31.5 Å². The number of hydrogen-bond acceptors (Lipinski definition) is 3. The molecule has 1 N–H and O–H groups in total. The first-order valence-electron chi connectivity index (χ1n) is 8.05. The van der Waals surface area contributed by atoms with Crippen molar-refractivity contribution in [1.29, 1.82) is 0 Å². The van der Waals surface area contributed by atoms with Crippen LogP contribution in [0.2, 0.25) is 0 Å². The highest BCUT2D eigenvalue weighted by Gasteiger charge is 2.40. The molecule has 26 heavy (non-hydrogen) atoms. The summed E-state index contributed by atoms with van der Waals surface area (Å²) >= 11 is 0. The largest absolute Gasteiger partial charge is 0.339 e. The molecule has 1 saturated heterocycles. The van der Waals surface area contributed by atoms with E-state index < -0.39 is 40.4 Å². The van der Waals surface area contributed by atoms with Crippen LogP contribution >= 0.6 is 0 Å². The van der Waals surface area contributed by atoms with Crippen molar-refractivity contribution in [3.05, 3.63) is 29.6 Å². The van der Waals surface area contributed by atoms with Crippen molar-refractivity contribution in [3.63, 3.8) is 0 Å². The van der Waals surface area contributed by atoms with Gasteiger partial charge in [-0.05, 0) is 26.0 Å². The third kappa shape index (κ3) is 3.81. The second-order valence-corrected chi connectivity index (χ2v) is 6.60. The van der Waals surface area contributed by atoms with Gasteiger partial charge in [0, 0.05) is 33.1 Å². The van der Waals surface area contributed by atoms with Gasteiger partial charge in [0.15, 0.2) is 17.5 Å². The first-order valence-corrected chi connectivity index (χ1v) is 8.05. The third-order valence-electron chi connectivity index (χ3n) is 4.40. The quantitative estimate of drug-likeness (QED) is 0.650. The topological polar surface area (TPSA) is 69.7 Å². The lowest BCUT2D eigenvalue weighted by Crippen LogP contribution is -2.55. The average molecular weight is 371 g/mol. The number of carbonyl (C=O) groups excluding carboxylic acids is 3. The van der Waals surface area contributed by atoms with Gasteiger partial charge in [0.1, 0.15) is 5.41 Å². The van der Waals surface area contributed by atoms with Crippen LogP contribution in [-0.4, -0.2) is 53.7 Å². The molecule has 1 heterocycles. The Bertz CT molecular complexity index is 744. The average Bonchev–Trinajstić information content (AvgIpc) is 2.61. The fourth-order valence-corrected chi connectivity index (χ4v) is 2.62. The van der Waals surface area contributed by atoms with Crippen LogP contribution in [0.4, 0.5) is 18.9 Å². The maximum absolute atomic E-state index is 13.7. The van der Waals surface area contributed by atoms with Crippen LogP contribution in [0.5, 0.6) is 0 Å². The van der Waals surface area contributed by atoms with Crippen molar-refractivity contribution in [2.45, 2.75) is 20.8 Å². The van der Waals surface area contributed by atoms with E-state index in [0.717, 1.165) is 6.07 Å². The molecule has 9 heteroatoms. The van der Waals surface area contributed by atoms with E-state index in [1.807, 2.05) is 0 Å². The van der Waals surface area contributed by atoms with Crippen LogP contribution in [-0.2, 0) is 14.4 Å². The van der Waals surface area contributed by atoms with E-state index >= 15 is 0 Å². The molecule has 0 unspecified atom stereocenters. The van der Waals surface area contributed by atoms with E-state index in [9.17, 15) is 27.6 Å². The molecule has 0 spiro atoms. The fourth-order valence-electron chi connectivity index (χ4n) is 2.62. The van der Waals surface area contributed by atoms with E-state index in [1.54, 1.807) is 4.90 Å². The minimum Gasteiger partial charge on any atom is -0.339 e. The molecule has 0 radical (unpaired) electrons. The molecule has 0 aliphatic carbocycles. The fraction of sp³-hybridized carbons (Fsp3) is 0.471. The molecule has 1 aromatic carbocycles. The van der Waals surface area contributed by atoms with Gasteiger partial charge < -0.3 is 15.1 Å². The molecular weight excluding hydrogens is 351 g/mol. The zero-order valence-corrected chi connectivity index (χ0v) is 14.7. The number of nitrogens with zero attached hydrogens (tertiary/aromatic N) is 2. The number of anilines is 1. The zero-order chi connectivity index (χ0) is 19.6. The number of benzene rings is 1. The van der Waals surface area contributed by atoms with E-state index in [2.05, 4.69) is 5.32 Å². The van der Waals surface area contributed by atoms with E-state index in [0.29, 0.717) is 19.2 Å². The Morgan fingerprint density at radius 2 is 1.50 bits per heavy atom. The molecule has 142 valence electrons. The van der Waals surface area contributed by atoms with Gasteiger partial charge >= 0.3 is 0 Å². The zero-order valence-electron chi connectivity index (χ0n) is 14.7. The van der Waals surface area contributed by atoms with Gasteiger partial charge in [0.2, 0.25) is 17.7 Å². The minimum atomic E-state index is -1.70. The van der Waals surface area contributed by atoms with Crippen molar-refractivity contribution >= 4 is 23.4 Å². The number of hydrogen-bond donors (Lipinski definition) is 1. The lowest BCUT2D eigenvalue weighted by atomic mass is 9.89. The predicted octanol–water partition coefficient (Wildman–Crippen LogP) is 1.76. The van der Waals surface area contributed by atoms with Crippen LogP contribution < -0.4 is 5.32 Å². The summed E-state index contributed by atoms with van der Waals surface area (Å²) in [6.07, 6.45) is 0. The molecule has 3 amide bonds. The normalized spacial score (nSPS) is 15.0. The van der Waals surface area contributed by atoms with Crippen LogP contribution in [0.15, 0.2) is 12.1 Å². The number of nitrogens with one attached hydrogen (secondary N) is 1. The maximum Gasteiger partial charge on any atom is 0.239 e. The van der Waals surface area contributed by atoms with Crippen LogP contribution in [0.25, 0.3) is 0 Å². The summed E-state index contributed by atoms with van der Waals surface area (Å²) < 4.78 is 40.0. The van der Waals surface area contributed by atoms with Crippen LogP contribution in [0.1, 0.15) is 20.8 Å².